The lowest BCUT2D eigenvalue weighted by Gasteiger charge is -2.17. The van der Waals surface area contributed by atoms with Gasteiger partial charge in [0.25, 0.3) is 0 Å². The van der Waals surface area contributed by atoms with Crippen LogP contribution >= 0.6 is 11.3 Å². The molecule has 0 saturated carbocycles. The van der Waals surface area contributed by atoms with Crippen molar-refractivity contribution in [3.05, 3.63) is 21.9 Å². The van der Waals surface area contributed by atoms with Gasteiger partial charge in [0.05, 0.1) is 17.5 Å². The Bertz CT molecular complexity index is 457. The van der Waals surface area contributed by atoms with Crippen LogP contribution < -0.4 is 5.73 Å². The Morgan fingerprint density at radius 2 is 2.33 bits per heavy atom. The summed E-state index contributed by atoms with van der Waals surface area (Å²) in [5.41, 5.74) is 6.36. The van der Waals surface area contributed by atoms with Gasteiger partial charge >= 0.3 is 6.09 Å². The molecule has 0 fully saturated rings. The fraction of sp³-hybridized carbons (Fsp3) is 0.462. The van der Waals surface area contributed by atoms with Crippen LogP contribution in [0.1, 0.15) is 24.3 Å². The van der Waals surface area contributed by atoms with E-state index in [0.29, 0.717) is 13.1 Å². The minimum absolute atomic E-state index is 0.103. The Hall–Kier alpha value is -1.51. The average molecular weight is 266 g/mol. The van der Waals surface area contributed by atoms with Crippen molar-refractivity contribution in [3.8, 4) is 11.8 Å². The molecule has 0 aliphatic rings. The summed E-state index contributed by atoms with van der Waals surface area (Å²) in [5.74, 6) is 5.77. The number of carbonyl (C=O) groups excluding carboxylic acids is 1. The van der Waals surface area contributed by atoms with E-state index in [1.54, 1.807) is 23.3 Å². The zero-order chi connectivity index (χ0) is 13.5. The Labute approximate surface area is 112 Å². The molecule has 0 atom stereocenters. The van der Waals surface area contributed by atoms with Gasteiger partial charge in [-0.3, -0.25) is 0 Å². The normalized spacial score (nSPS) is 9.83. The van der Waals surface area contributed by atoms with Crippen molar-refractivity contribution in [2.45, 2.75) is 26.5 Å². The van der Waals surface area contributed by atoms with Gasteiger partial charge < -0.3 is 15.4 Å². The second kappa shape index (κ2) is 7.04. The van der Waals surface area contributed by atoms with Gasteiger partial charge in [0.2, 0.25) is 0 Å². The molecule has 2 N–H and O–H groups in total. The summed E-state index contributed by atoms with van der Waals surface area (Å²) in [7, 11) is 1.72. The molecule has 1 aromatic rings. The summed E-state index contributed by atoms with van der Waals surface area (Å²) >= 11 is 1.55. The molecule has 0 aromatic carbocycles. The first-order chi connectivity index (χ1) is 8.52. The molecule has 18 heavy (non-hydrogen) atoms. The smallest absolute Gasteiger partial charge is 0.410 e. The monoisotopic (exact) mass is 266 g/mol. The maximum atomic E-state index is 11.6. The first-order valence-electron chi connectivity index (χ1n) is 5.71. The third-order valence-corrected chi connectivity index (χ3v) is 2.93. The van der Waals surface area contributed by atoms with Crippen LogP contribution in [-0.2, 0) is 11.3 Å². The van der Waals surface area contributed by atoms with E-state index in [0.717, 1.165) is 10.4 Å². The first kappa shape index (κ1) is 14.6. The van der Waals surface area contributed by atoms with E-state index in [4.69, 9.17) is 10.5 Å². The van der Waals surface area contributed by atoms with Gasteiger partial charge in [-0.15, -0.1) is 11.3 Å². The van der Waals surface area contributed by atoms with E-state index in [1.807, 2.05) is 25.3 Å². The summed E-state index contributed by atoms with van der Waals surface area (Å²) in [6.45, 7) is 4.54. The van der Waals surface area contributed by atoms with Crippen LogP contribution in [-0.4, -0.2) is 30.7 Å². The lowest BCUT2D eigenvalue weighted by atomic mass is 10.3. The molecule has 0 spiro atoms. The van der Waals surface area contributed by atoms with Gasteiger partial charge in [-0.25, -0.2) is 4.79 Å². The number of ether oxygens (including phenoxy) is 1. The maximum absolute atomic E-state index is 11.6. The lowest BCUT2D eigenvalue weighted by molar-refractivity contribution is 0.0823. The molecule has 0 radical (unpaired) electrons. The summed E-state index contributed by atoms with van der Waals surface area (Å²) < 4.78 is 5.10. The number of nitrogens with two attached hydrogens (primary N) is 1. The third kappa shape index (κ3) is 4.78. The van der Waals surface area contributed by atoms with Gasteiger partial charge in [-0.2, -0.15) is 0 Å². The average Bonchev–Trinajstić information content (AvgIpc) is 2.73. The predicted molar refractivity (Wildman–Crippen MR) is 73.3 cm³/mol. The molecule has 0 unspecified atom stereocenters. The fourth-order valence-electron chi connectivity index (χ4n) is 1.29. The van der Waals surface area contributed by atoms with Gasteiger partial charge in [0.1, 0.15) is 0 Å². The quantitative estimate of drug-likeness (QED) is 0.852. The van der Waals surface area contributed by atoms with Crippen molar-refractivity contribution in [3.63, 3.8) is 0 Å². The Kier molecular flexibility index (Phi) is 5.69. The van der Waals surface area contributed by atoms with E-state index < -0.39 is 0 Å². The van der Waals surface area contributed by atoms with Crippen LogP contribution in [0.4, 0.5) is 4.79 Å². The van der Waals surface area contributed by atoms with Crippen molar-refractivity contribution in [2.75, 3.05) is 13.6 Å². The summed E-state index contributed by atoms with van der Waals surface area (Å²) in [5, 5.41) is 1.99. The van der Waals surface area contributed by atoms with Crippen LogP contribution in [0.2, 0.25) is 0 Å². The zero-order valence-electron chi connectivity index (χ0n) is 10.9. The number of rotatable bonds is 3. The standard InChI is InChI=1S/C13H18N2O2S/c1-10(2)17-13(16)15(3)8-11-7-12(18-9-11)5-4-6-14/h7,9-10H,6,8,14H2,1-3H3. The largest absolute Gasteiger partial charge is 0.447 e. The van der Waals surface area contributed by atoms with E-state index in [2.05, 4.69) is 11.8 Å². The van der Waals surface area contributed by atoms with Gasteiger partial charge in [-0.1, -0.05) is 11.8 Å². The Balaban J connectivity index is 2.56. The highest BCUT2D eigenvalue weighted by atomic mass is 32.1. The van der Waals surface area contributed by atoms with Crippen molar-refractivity contribution in [1.82, 2.24) is 4.90 Å². The molecule has 98 valence electrons. The van der Waals surface area contributed by atoms with Crippen LogP contribution in [0.3, 0.4) is 0 Å². The topological polar surface area (TPSA) is 55.6 Å². The molecule has 0 bridgehead atoms. The Morgan fingerprint density at radius 1 is 1.61 bits per heavy atom. The molecule has 1 rings (SSSR count). The second-order valence-corrected chi connectivity index (χ2v) is 5.02. The number of nitrogens with zero attached hydrogens (tertiary/aromatic N) is 1. The number of hydrogen-bond donors (Lipinski definition) is 1. The zero-order valence-corrected chi connectivity index (χ0v) is 11.7. The van der Waals surface area contributed by atoms with Gasteiger partial charge in [-0.05, 0) is 30.9 Å². The van der Waals surface area contributed by atoms with Crippen LogP contribution in [0.5, 0.6) is 0 Å². The summed E-state index contributed by atoms with van der Waals surface area (Å²) in [6.07, 6.45) is -0.417. The van der Waals surface area contributed by atoms with Crippen molar-refractivity contribution < 1.29 is 9.53 Å². The number of thiophene rings is 1. The number of carbonyl (C=O) groups is 1. The highest BCUT2D eigenvalue weighted by Crippen LogP contribution is 2.15. The maximum Gasteiger partial charge on any atom is 0.410 e. The molecule has 1 amide bonds. The van der Waals surface area contributed by atoms with Crippen molar-refractivity contribution >= 4 is 17.4 Å². The van der Waals surface area contributed by atoms with E-state index in [9.17, 15) is 4.79 Å². The van der Waals surface area contributed by atoms with Gasteiger partial charge in [0.15, 0.2) is 0 Å². The fourth-order valence-corrected chi connectivity index (χ4v) is 2.06. The molecule has 0 aliphatic carbocycles. The van der Waals surface area contributed by atoms with Crippen molar-refractivity contribution in [1.29, 1.82) is 0 Å². The highest BCUT2D eigenvalue weighted by Gasteiger charge is 2.12. The lowest BCUT2D eigenvalue weighted by Crippen LogP contribution is -2.28. The third-order valence-electron chi connectivity index (χ3n) is 2.04. The first-order valence-corrected chi connectivity index (χ1v) is 6.59. The van der Waals surface area contributed by atoms with Crippen LogP contribution in [0, 0.1) is 11.8 Å². The molecular formula is C13H18N2O2S. The minimum atomic E-state index is -0.314. The molecule has 0 saturated heterocycles. The van der Waals surface area contributed by atoms with E-state index in [1.165, 1.54) is 0 Å². The predicted octanol–water partition coefficient (Wildman–Crippen LogP) is 2.04. The molecule has 4 nitrogen and oxygen atoms in total. The van der Waals surface area contributed by atoms with E-state index >= 15 is 0 Å². The number of amides is 1. The Morgan fingerprint density at radius 3 is 2.94 bits per heavy atom. The SMILES string of the molecule is CC(C)OC(=O)N(C)Cc1csc(C#CCN)c1. The number of hydrogen-bond acceptors (Lipinski definition) is 4. The van der Waals surface area contributed by atoms with E-state index in [-0.39, 0.29) is 12.2 Å². The molecule has 1 aromatic heterocycles. The van der Waals surface area contributed by atoms with Crippen LogP contribution in [0.15, 0.2) is 11.4 Å². The molecular weight excluding hydrogens is 248 g/mol. The molecule has 1 heterocycles. The minimum Gasteiger partial charge on any atom is -0.447 e. The van der Waals surface area contributed by atoms with Crippen LogP contribution in [0.25, 0.3) is 0 Å². The van der Waals surface area contributed by atoms with Crippen molar-refractivity contribution in [2.24, 2.45) is 5.73 Å². The molecule has 0 aliphatic heterocycles. The summed E-state index contributed by atoms with van der Waals surface area (Å²) in [6, 6.07) is 1.96. The van der Waals surface area contributed by atoms with Gasteiger partial charge in [0, 0.05) is 13.6 Å². The second-order valence-electron chi connectivity index (χ2n) is 4.11. The summed E-state index contributed by atoms with van der Waals surface area (Å²) in [4.78, 5) is 14.1. The molecule has 5 heteroatoms. The highest BCUT2D eigenvalue weighted by molar-refractivity contribution is 7.10.